The molecule has 4 aromatic rings. The zero-order valence-electron chi connectivity index (χ0n) is 17.6. The number of rotatable bonds is 2. The number of aromatic amines is 1. The molecule has 3 heterocycles. The molecule has 0 aliphatic carbocycles. The predicted molar refractivity (Wildman–Crippen MR) is 111 cm³/mol. The first-order valence-corrected chi connectivity index (χ1v) is 9.95. The van der Waals surface area contributed by atoms with E-state index in [-0.39, 0.29) is 5.82 Å². The SMILES string of the molecule is CCc1[nH]nc2[n+]1-c1c(C)c(-c3cc(F)cc4c3ncn4C)cc(F)c1NC2(C)C. The molecule has 0 radical (unpaired) electrons. The number of nitrogens with zero attached hydrogens (tertiary/aromatic N) is 4. The molecule has 0 fully saturated rings. The van der Waals surface area contributed by atoms with Crippen LogP contribution in [0.3, 0.4) is 0 Å². The molecule has 8 heteroatoms. The van der Waals surface area contributed by atoms with Crippen molar-refractivity contribution in [3.63, 3.8) is 0 Å². The molecule has 2 aromatic carbocycles. The fourth-order valence-corrected chi connectivity index (χ4v) is 4.43. The van der Waals surface area contributed by atoms with Crippen LogP contribution < -0.4 is 9.88 Å². The van der Waals surface area contributed by atoms with Crippen molar-refractivity contribution < 1.29 is 13.3 Å². The summed E-state index contributed by atoms with van der Waals surface area (Å²) in [5, 5.41) is 10.9. The normalized spacial score (nSPS) is 14.5. The van der Waals surface area contributed by atoms with E-state index in [9.17, 15) is 4.39 Å². The van der Waals surface area contributed by atoms with Crippen LogP contribution in [-0.2, 0) is 19.0 Å². The van der Waals surface area contributed by atoms with Gasteiger partial charge in [-0.3, -0.25) is 0 Å². The van der Waals surface area contributed by atoms with Crippen molar-refractivity contribution in [1.82, 2.24) is 19.7 Å². The number of hydrogen-bond donors (Lipinski definition) is 2. The lowest BCUT2D eigenvalue weighted by Crippen LogP contribution is -2.51. The van der Waals surface area contributed by atoms with Crippen LogP contribution in [0.25, 0.3) is 27.8 Å². The van der Waals surface area contributed by atoms with Crippen LogP contribution in [0.1, 0.15) is 38.0 Å². The van der Waals surface area contributed by atoms with Gasteiger partial charge in [0.05, 0.1) is 17.4 Å². The zero-order chi connectivity index (χ0) is 21.4. The summed E-state index contributed by atoms with van der Waals surface area (Å²) in [7, 11) is 1.81. The van der Waals surface area contributed by atoms with Crippen molar-refractivity contribution in [3.8, 4) is 16.8 Å². The lowest BCUT2D eigenvalue weighted by molar-refractivity contribution is -0.618. The average Bonchev–Trinajstić information content (AvgIpc) is 3.28. The second-order valence-electron chi connectivity index (χ2n) is 8.36. The minimum Gasteiger partial charge on any atom is -0.365 e. The van der Waals surface area contributed by atoms with Gasteiger partial charge in [0, 0.05) is 24.1 Å². The number of halogens is 2. The third-order valence-corrected chi connectivity index (χ3v) is 5.92. The molecule has 0 unspecified atom stereocenters. The van der Waals surface area contributed by atoms with Crippen molar-refractivity contribution in [3.05, 3.63) is 53.4 Å². The lowest BCUT2D eigenvalue weighted by atomic mass is 9.92. The van der Waals surface area contributed by atoms with Gasteiger partial charge in [-0.05, 0) is 50.1 Å². The van der Waals surface area contributed by atoms with Crippen molar-refractivity contribution in [2.24, 2.45) is 7.05 Å². The molecule has 0 bridgehead atoms. The number of imidazole rings is 1. The van der Waals surface area contributed by atoms with Crippen LogP contribution >= 0.6 is 0 Å². The van der Waals surface area contributed by atoms with E-state index in [0.717, 1.165) is 17.2 Å². The molecule has 0 saturated heterocycles. The van der Waals surface area contributed by atoms with Crippen molar-refractivity contribution in [2.75, 3.05) is 5.32 Å². The van der Waals surface area contributed by atoms with Gasteiger partial charge in [0.25, 0.3) is 0 Å². The fourth-order valence-electron chi connectivity index (χ4n) is 4.43. The summed E-state index contributed by atoms with van der Waals surface area (Å²) >= 11 is 0. The second kappa shape index (κ2) is 6.10. The van der Waals surface area contributed by atoms with Crippen molar-refractivity contribution >= 4 is 16.7 Å². The maximum absolute atomic E-state index is 15.5. The van der Waals surface area contributed by atoms with E-state index in [2.05, 4.69) is 20.5 Å². The van der Waals surface area contributed by atoms with E-state index in [1.165, 1.54) is 18.2 Å². The van der Waals surface area contributed by atoms with E-state index < -0.39 is 11.4 Å². The molecule has 1 aliphatic heterocycles. The Balaban J connectivity index is 1.87. The van der Waals surface area contributed by atoms with Crippen LogP contribution in [0.5, 0.6) is 0 Å². The first kappa shape index (κ1) is 18.7. The van der Waals surface area contributed by atoms with E-state index >= 15 is 4.39 Å². The van der Waals surface area contributed by atoms with E-state index in [0.29, 0.717) is 40.0 Å². The molecule has 2 N–H and O–H groups in total. The maximum atomic E-state index is 15.5. The number of anilines is 1. The Morgan fingerprint density at radius 3 is 2.67 bits per heavy atom. The van der Waals surface area contributed by atoms with Crippen LogP contribution in [-0.4, -0.2) is 19.7 Å². The average molecular weight is 409 g/mol. The summed E-state index contributed by atoms with van der Waals surface area (Å²) < 4.78 is 33.7. The van der Waals surface area contributed by atoms with Gasteiger partial charge in [-0.15, -0.1) is 5.10 Å². The lowest BCUT2D eigenvalue weighted by Gasteiger charge is -2.31. The fraction of sp³-hybridized carbons (Fsp3) is 0.318. The first-order valence-electron chi connectivity index (χ1n) is 9.95. The summed E-state index contributed by atoms with van der Waals surface area (Å²) in [4.78, 5) is 4.44. The standard InChI is InChI=1S/C22H22F2N6/c1-6-17-27-28-21-22(3,4)26-19-15(24)9-13(11(2)20(19)30(17)21)14-7-12(23)8-16-18(14)25-10-29(16)5/h7-10,26H,6H2,1-5H3/p+1. The van der Waals surface area contributed by atoms with E-state index in [4.69, 9.17) is 0 Å². The Morgan fingerprint density at radius 1 is 1.17 bits per heavy atom. The number of benzene rings is 2. The third kappa shape index (κ3) is 2.42. The molecule has 5 rings (SSSR count). The quantitative estimate of drug-likeness (QED) is 0.491. The maximum Gasteiger partial charge on any atom is 0.307 e. The van der Waals surface area contributed by atoms with Crippen LogP contribution in [0.4, 0.5) is 14.5 Å². The molecule has 2 aromatic heterocycles. The summed E-state index contributed by atoms with van der Waals surface area (Å²) in [6.07, 6.45) is 2.35. The van der Waals surface area contributed by atoms with Gasteiger partial charge in [0.15, 0.2) is 5.82 Å². The van der Waals surface area contributed by atoms with Crippen molar-refractivity contribution in [2.45, 2.75) is 39.7 Å². The topological polar surface area (TPSA) is 62.4 Å². The van der Waals surface area contributed by atoms with Gasteiger partial charge >= 0.3 is 5.82 Å². The molecule has 0 atom stereocenters. The molecular weight excluding hydrogens is 386 g/mol. The van der Waals surface area contributed by atoms with Crippen LogP contribution in [0, 0.1) is 18.6 Å². The summed E-state index contributed by atoms with van der Waals surface area (Å²) in [6.45, 7) is 7.88. The highest BCUT2D eigenvalue weighted by molar-refractivity contribution is 5.94. The second-order valence-corrected chi connectivity index (χ2v) is 8.36. The Bertz CT molecular complexity index is 1330. The molecule has 0 saturated carbocycles. The first-order chi connectivity index (χ1) is 14.2. The molecular formula is C22H23F2N6+. The minimum atomic E-state index is -0.557. The Labute approximate surface area is 172 Å². The molecule has 154 valence electrons. The van der Waals surface area contributed by atoms with Gasteiger partial charge in [0.2, 0.25) is 5.82 Å². The minimum absolute atomic E-state index is 0.385. The van der Waals surface area contributed by atoms with Crippen LogP contribution in [0.15, 0.2) is 24.5 Å². The van der Waals surface area contributed by atoms with Gasteiger partial charge in [-0.1, -0.05) is 6.92 Å². The van der Waals surface area contributed by atoms with Gasteiger partial charge in [0.1, 0.15) is 22.7 Å². The molecule has 30 heavy (non-hydrogen) atoms. The van der Waals surface area contributed by atoms with E-state index in [1.54, 1.807) is 10.9 Å². The zero-order valence-corrected chi connectivity index (χ0v) is 17.6. The number of aromatic nitrogens is 5. The highest BCUT2D eigenvalue weighted by Crippen LogP contribution is 2.40. The number of H-pyrrole nitrogens is 1. The largest absolute Gasteiger partial charge is 0.365 e. The number of nitrogens with one attached hydrogen (secondary N) is 2. The molecule has 6 nitrogen and oxygen atoms in total. The smallest absolute Gasteiger partial charge is 0.307 e. The summed E-state index contributed by atoms with van der Waals surface area (Å²) in [5.41, 5.74) is 3.86. The molecule has 1 aliphatic rings. The molecule has 0 amide bonds. The highest BCUT2D eigenvalue weighted by Gasteiger charge is 2.43. The summed E-state index contributed by atoms with van der Waals surface area (Å²) in [6, 6.07) is 4.33. The monoisotopic (exact) mass is 409 g/mol. The highest BCUT2D eigenvalue weighted by atomic mass is 19.1. The molecule has 0 spiro atoms. The number of fused-ring (bicyclic) bond motifs is 4. The van der Waals surface area contributed by atoms with E-state index in [1.807, 2.05) is 39.3 Å². The summed E-state index contributed by atoms with van der Waals surface area (Å²) in [5.74, 6) is 0.869. The number of hydrogen-bond acceptors (Lipinski definition) is 3. The Hall–Kier alpha value is -3.29. The third-order valence-electron chi connectivity index (χ3n) is 5.92. The number of aryl methyl sites for hydroxylation is 2. The van der Waals surface area contributed by atoms with Crippen LogP contribution in [0.2, 0.25) is 0 Å². The Morgan fingerprint density at radius 2 is 1.93 bits per heavy atom. The van der Waals surface area contributed by atoms with Gasteiger partial charge < -0.3 is 9.88 Å². The van der Waals surface area contributed by atoms with Crippen molar-refractivity contribution in [1.29, 1.82) is 0 Å². The predicted octanol–water partition coefficient (Wildman–Crippen LogP) is 4.05. The van der Waals surface area contributed by atoms with Gasteiger partial charge in [-0.25, -0.2) is 13.8 Å². The van der Waals surface area contributed by atoms with Gasteiger partial charge in [-0.2, -0.15) is 4.57 Å². The Kier molecular flexibility index (Phi) is 3.81.